The predicted octanol–water partition coefficient (Wildman–Crippen LogP) is 5.25. The van der Waals surface area contributed by atoms with Crippen LogP contribution < -0.4 is 10.6 Å². The molecule has 0 bridgehead atoms. The zero-order valence-corrected chi connectivity index (χ0v) is 16.2. The van der Waals surface area contributed by atoms with Gasteiger partial charge in [0, 0.05) is 28.4 Å². The molecule has 0 fully saturated rings. The normalized spacial score (nSPS) is 10.5. The number of benzene rings is 4. The maximum absolute atomic E-state index is 12.7. The molecule has 4 rings (SSSR count). The highest BCUT2D eigenvalue weighted by molar-refractivity contribution is 6.10. The van der Waals surface area contributed by atoms with Gasteiger partial charge >= 0.3 is 0 Å². The SMILES string of the molecule is O=C(Nc1cccc2ccccc12)c1ccc(NC(=O)c2ccccc2[N+](=O)[O-])cc1. The third-order valence-corrected chi connectivity index (χ3v) is 4.79. The fourth-order valence-electron chi connectivity index (χ4n) is 3.26. The highest BCUT2D eigenvalue weighted by atomic mass is 16.6. The van der Waals surface area contributed by atoms with Crippen LogP contribution in [0.15, 0.2) is 91.0 Å². The van der Waals surface area contributed by atoms with Gasteiger partial charge in [-0.1, -0.05) is 48.5 Å². The fourth-order valence-corrected chi connectivity index (χ4v) is 3.26. The van der Waals surface area contributed by atoms with Crippen molar-refractivity contribution in [3.05, 3.63) is 112 Å². The summed E-state index contributed by atoms with van der Waals surface area (Å²) in [6, 6.07) is 25.5. The molecular formula is C24H17N3O4. The first-order valence-corrected chi connectivity index (χ1v) is 9.47. The number of rotatable bonds is 5. The molecule has 7 nitrogen and oxygen atoms in total. The van der Waals surface area contributed by atoms with E-state index in [1.165, 1.54) is 18.2 Å². The van der Waals surface area contributed by atoms with Crippen molar-refractivity contribution in [1.29, 1.82) is 0 Å². The van der Waals surface area contributed by atoms with Crippen molar-refractivity contribution in [1.82, 2.24) is 0 Å². The van der Waals surface area contributed by atoms with Crippen molar-refractivity contribution in [2.75, 3.05) is 10.6 Å². The fraction of sp³-hybridized carbons (Fsp3) is 0. The summed E-state index contributed by atoms with van der Waals surface area (Å²) >= 11 is 0. The Kier molecular flexibility index (Phi) is 5.40. The van der Waals surface area contributed by atoms with E-state index in [9.17, 15) is 19.7 Å². The van der Waals surface area contributed by atoms with Crippen LogP contribution in [-0.2, 0) is 0 Å². The second-order valence-corrected chi connectivity index (χ2v) is 6.79. The van der Waals surface area contributed by atoms with Crippen LogP contribution in [-0.4, -0.2) is 16.7 Å². The first kappa shape index (κ1) is 19.8. The molecule has 2 amide bonds. The summed E-state index contributed by atoms with van der Waals surface area (Å²) in [5, 5.41) is 18.6. The number of hydrogen-bond acceptors (Lipinski definition) is 4. The quantitative estimate of drug-likeness (QED) is 0.346. The van der Waals surface area contributed by atoms with Crippen LogP contribution in [0.4, 0.5) is 17.1 Å². The zero-order valence-electron chi connectivity index (χ0n) is 16.2. The van der Waals surface area contributed by atoms with E-state index in [2.05, 4.69) is 10.6 Å². The van der Waals surface area contributed by atoms with E-state index in [-0.39, 0.29) is 17.2 Å². The number of carbonyl (C=O) groups excluding carboxylic acids is 2. The molecule has 0 saturated carbocycles. The second-order valence-electron chi connectivity index (χ2n) is 6.79. The molecule has 4 aromatic carbocycles. The van der Waals surface area contributed by atoms with E-state index >= 15 is 0 Å². The minimum absolute atomic E-state index is 0.0368. The van der Waals surface area contributed by atoms with Gasteiger partial charge in [-0.05, 0) is 41.8 Å². The lowest BCUT2D eigenvalue weighted by molar-refractivity contribution is -0.385. The van der Waals surface area contributed by atoms with Gasteiger partial charge in [0.15, 0.2) is 0 Å². The first-order valence-electron chi connectivity index (χ1n) is 9.47. The van der Waals surface area contributed by atoms with Crippen molar-refractivity contribution < 1.29 is 14.5 Å². The van der Waals surface area contributed by atoms with Crippen LogP contribution in [0.2, 0.25) is 0 Å². The van der Waals surface area contributed by atoms with Gasteiger partial charge in [-0.2, -0.15) is 0 Å². The summed E-state index contributed by atoms with van der Waals surface area (Å²) in [6.45, 7) is 0. The van der Waals surface area contributed by atoms with Crippen molar-refractivity contribution >= 4 is 39.6 Å². The molecule has 0 heterocycles. The number of nitro benzene ring substituents is 1. The second kappa shape index (κ2) is 8.46. The summed E-state index contributed by atoms with van der Waals surface area (Å²) in [7, 11) is 0. The topological polar surface area (TPSA) is 101 Å². The van der Waals surface area contributed by atoms with E-state index < -0.39 is 10.8 Å². The van der Waals surface area contributed by atoms with Gasteiger partial charge < -0.3 is 10.6 Å². The molecule has 7 heteroatoms. The van der Waals surface area contributed by atoms with Gasteiger partial charge in [0.05, 0.1) is 4.92 Å². The summed E-state index contributed by atoms with van der Waals surface area (Å²) in [6.07, 6.45) is 0. The van der Waals surface area contributed by atoms with Crippen LogP contribution in [0, 0.1) is 10.1 Å². The molecule has 0 aromatic heterocycles. The average molecular weight is 411 g/mol. The monoisotopic (exact) mass is 411 g/mol. The zero-order chi connectivity index (χ0) is 21.8. The molecule has 0 aliphatic heterocycles. The van der Waals surface area contributed by atoms with Crippen molar-refractivity contribution in [2.45, 2.75) is 0 Å². The number of carbonyl (C=O) groups is 2. The van der Waals surface area contributed by atoms with Gasteiger partial charge in [0.2, 0.25) is 0 Å². The van der Waals surface area contributed by atoms with Crippen LogP contribution in [0.3, 0.4) is 0 Å². The van der Waals surface area contributed by atoms with Crippen LogP contribution in [0.5, 0.6) is 0 Å². The van der Waals surface area contributed by atoms with Gasteiger partial charge in [0.1, 0.15) is 5.56 Å². The lowest BCUT2D eigenvalue weighted by Gasteiger charge is -2.10. The molecular weight excluding hydrogens is 394 g/mol. The van der Waals surface area contributed by atoms with Gasteiger partial charge in [-0.3, -0.25) is 19.7 Å². The number of nitrogens with one attached hydrogen (secondary N) is 2. The number of anilines is 2. The van der Waals surface area contributed by atoms with E-state index in [1.54, 1.807) is 30.3 Å². The number of para-hydroxylation sites is 1. The Labute approximate surface area is 177 Å². The molecule has 0 aliphatic carbocycles. The Morgan fingerprint density at radius 3 is 2.16 bits per heavy atom. The van der Waals surface area contributed by atoms with E-state index in [4.69, 9.17) is 0 Å². The number of amides is 2. The van der Waals surface area contributed by atoms with Gasteiger partial charge in [-0.15, -0.1) is 0 Å². The van der Waals surface area contributed by atoms with Crippen molar-refractivity contribution in [3.8, 4) is 0 Å². The van der Waals surface area contributed by atoms with E-state index in [0.717, 1.165) is 10.8 Å². The number of fused-ring (bicyclic) bond motifs is 1. The third kappa shape index (κ3) is 4.25. The van der Waals surface area contributed by atoms with Gasteiger partial charge in [0.25, 0.3) is 17.5 Å². The highest BCUT2D eigenvalue weighted by Gasteiger charge is 2.19. The van der Waals surface area contributed by atoms with Crippen molar-refractivity contribution in [2.24, 2.45) is 0 Å². The molecule has 0 spiro atoms. The summed E-state index contributed by atoms with van der Waals surface area (Å²) in [5.41, 5.74) is 1.23. The predicted molar refractivity (Wildman–Crippen MR) is 119 cm³/mol. The molecule has 0 aliphatic rings. The Bertz CT molecular complexity index is 1290. The lowest BCUT2D eigenvalue weighted by atomic mass is 10.1. The summed E-state index contributed by atoms with van der Waals surface area (Å²) in [4.78, 5) is 35.6. The number of nitro groups is 1. The van der Waals surface area contributed by atoms with E-state index in [0.29, 0.717) is 16.9 Å². The lowest BCUT2D eigenvalue weighted by Crippen LogP contribution is -2.15. The molecule has 0 unspecified atom stereocenters. The molecule has 0 saturated heterocycles. The standard InChI is InChI=1S/C24H17N3O4/c28-23(26-21-10-5-7-16-6-1-2-8-19(16)21)17-12-14-18(15-13-17)25-24(29)20-9-3-4-11-22(20)27(30)31/h1-15H,(H,25,29)(H,26,28). The Hall–Kier alpha value is -4.52. The molecule has 4 aromatic rings. The van der Waals surface area contributed by atoms with Crippen LogP contribution in [0.25, 0.3) is 10.8 Å². The number of hydrogen-bond donors (Lipinski definition) is 2. The molecule has 31 heavy (non-hydrogen) atoms. The summed E-state index contributed by atoms with van der Waals surface area (Å²) in [5.74, 6) is -0.881. The third-order valence-electron chi connectivity index (χ3n) is 4.79. The number of nitrogens with zero attached hydrogens (tertiary/aromatic N) is 1. The highest BCUT2D eigenvalue weighted by Crippen LogP contribution is 2.24. The van der Waals surface area contributed by atoms with Crippen molar-refractivity contribution in [3.63, 3.8) is 0 Å². The average Bonchev–Trinajstić information content (AvgIpc) is 2.79. The van der Waals surface area contributed by atoms with Gasteiger partial charge in [-0.25, -0.2) is 0 Å². The minimum atomic E-state index is -0.602. The maximum atomic E-state index is 12.7. The maximum Gasteiger partial charge on any atom is 0.282 e. The molecule has 2 N–H and O–H groups in total. The molecule has 0 radical (unpaired) electrons. The molecule has 0 atom stereocenters. The minimum Gasteiger partial charge on any atom is -0.322 e. The van der Waals surface area contributed by atoms with E-state index in [1.807, 2.05) is 42.5 Å². The van der Waals surface area contributed by atoms with Crippen LogP contribution >= 0.6 is 0 Å². The molecule has 152 valence electrons. The Morgan fingerprint density at radius 2 is 1.39 bits per heavy atom. The Morgan fingerprint density at radius 1 is 0.710 bits per heavy atom. The largest absolute Gasteiger partial charge is 0.322 e. The smallest absolute Gasteiger partial charge is 0.282 e. The summed E-state index contributed by atoms with van der Waals surface area (Å²) < 4.78 is 0. The Balaban J connectivity index is 1.49. The van der Waals surface area contributed by atoms with Crippen LogP contribution in [0.1, 0.15) is 20.7 Å². The first-order chi connectivity index (χ1) is 15.0.